The van der Waals surface area contributed by atoms with E-state index in [0.29, 0.717) is 12.5 Å². The minimum atomic E-state index is 0.123. The quantitative estimate of drug-likeness (QED) is 0.851. The zero-order valence-electron chi connectivity index (χ0n) is 10.2. The largest absolute Gasteiger partial charge is 0.492 e. The van der Waals surface area contributed by atoms with Crippen molar-refractivity contribution in [1.82, 2.24) is 0 Å². The highest BCUT2D eigenvalue weighted by molar-refractivity contribution is 5.20. The molecule has 1 heterocycles. The number of hydrogen-bond acceptors (Lipinski definition) is 3. The molecule has 1 unspecified atom stereocenters. The number of benzene rings is 1. The van der Waals surface area contributed by atoms with E-state index in [-0.39, 0.29) is 6.04 Å². The fourth-order valence-corrected chi connectivity index (χ4v) is 2.20. The summed E-state index contributed by atoms with van der Waals surface area (Å²) in [6.45, 7) is 2.37. The second kappa shape index (κ2) is 6.62. The molecule has 0 spiro atoms. The Morgan fingerprint density at radius 3 is 2.65 bits per heavy atom. The van der Waals surface area contributed by atoms with Crippen molar-refractivity contribution in [3.63, 3.8) is 0 Å². The van der Waals surface area contributed by atoms with E-state index < -0.39 is 0 Å². The minimum Gasteiger partial charge on any atom is -0.492 e. The van der Waals surface area contributed by atoms with Gasteiger partial charge < -0.3 is 15.2 Å². The van der Waals surface area contributed by atoms with Crippen LogP contribution in [0.2, 0.25) is 0 Å². The fraction of sp³-hybridized carbons (Fsp3) is 0.571. The molecule has 1 saturated heterocycles. The van der Waals surface area contributed by atoms with Gasteiger partial charge in [-0.1, -0.05) is 18.2 Å². The van der Waals surface area contributed by atoms with Crippen LogP contribution in [0.25, 0.3) is 0 Å². The molecule has 0 amide bonds. The summed E-state index contributed by atoms with van der Waals surface area (Å²) in [6, 6.07) is 9.97. The summed E-state index contributed by atoms with van der Waals surface area (Å²) in [7, 11) is 0. The number of hydrogen-bond donors (Lipinski definition) is 1. The highest BCUT2D eigenvalue weighted by Crippen LogP contribution is 2.20. The summed E-state index contributed by atoms with van der Waals surface area (Å²) in [5.74, 6) is 1.60. The van der Waals surface area contributed by atoms with Crippen molar-refractivity contribution in [2.75, 3.05) is 19.8 Å². The first-order valence-electron chi connectivity index (χ1n) is 6.36. The predicted molar refractivity (Wildman–Crippen MR) is 68.1 cm³/mol. The molecule has 3 nitrogen and oxygen atoms in total. The second-order valence-electron chi connectivity index (χ2n) is 4.68. The lowest BCUT2D eigenvalue weighted by atomic mass is 9.93. The highest BCUT2D eigenvalue weighted by Gasteiger charge is 2.17. The molecule has 0 radical (unpaired) electrons. The Morgan fingerprint density at radius 1 is 1.24 bits per heavy atom. The van der Waals surface area contributed by atoms with Crippen LogP contribution in [0.15, 0.2) is 30.3 Å². The molecule has 1 aliphatic rings. The third kappa shape index (κ3) is 4.36. The lowest BCUT2D eigenvalue weighted by molar-refractivity contribution is 0.0600. The van der Waals surface area contributed by atoms with E-state index >= 15 is 0 Å². The van der Waals surface area contributed by atoms with Gasteiger partial charge in [-0.2, -0.15) is 0 Å². The van der Waals surface area contributed by atoms with E-state index in [2.05, 4.69) is 0 Å². The first-order chi connectivity index (χ1) is 8.34. The molecular weight excluding hydrogens is 214 g/mol. The molecule has 1 fully saturated rings. The molecule has 1 aliphatic heterocycles. The van der Waals surface area contributed by atoms with Crippen molar-refractivity contribution in [2.24, 2.45) is 11.7 Å². The molecule has 17 heavy (non-hydrogen) atoms. The van der Waals surface area contributed by atoms with Crippen LogP contribution in [-0.2, 0) is 4.74 Å². The molecular formula is C14H21NO2. The Bertz CT molecular complexity index is 309. The standard InChI is InChI=1S/C14H21NO2/c15-13(10-12-6-8-16-9-7-12)11-17-14-4-2-1-3-5-14/h1-5,12-13H,6-11,15H2. The summed E-state index contributed by atoms with van der Waals surface area (Å²) in [5.41, 5.74) is 6.09. The van der Waals surface area contributed by atoms with Crippen molar-refractivity contribution in [1.29, 1.82) is 0 Å². The average Bonchev–Trinajstić information content (AvgIpc) is 2.39. The summed E-state index contributed by atoms with van der Waals surface area (Å²) in [4.78, 5) is 0. The van der Waals surface area contributed by atoms with Crippen molar-refractivity contribution < 1.29 is 9.47 Å². The molecule has 94 valence electrons. The van der Waals surface area contributed by atoms with Crippen molar-refractivity contribution in [3.8, 4) is 5.75 Å². The monoisotopic (exact) mass is 235 g/mol. The fourth-order valence-electron chi connectivity index (χ4n) is 2.20. The third-order valence-corrected chi connectivity index (χ3v) is 3.18. The molecule has 2 N–H and O–H groups in total. The first-order valence-corrected chi connectivity index (χ1v) is 6.36. The minimum absolute atomic E-state index is 0.123. The van der Waals surface area contributed by atoms with Crippen LogP contribution >= 0.6 is 0 Å². The van der Waals surface area contributed by atoms with Crippen molar-refractivity contribution >= 4 is 0 Å². The Hall–Kier alpha value is -1.06. The van der Waals surface area contributed by atoms with Crippen molar-refractivity contribution in [2.45, 2.75) is 25.3 Å². The van der Waals surface area contributed by atoms with Gasteiger partial charge in [-0.15, -0.1) is 0 Å². The zero-order valence-corrected chi connectivity index (χ0v) is 10.2. The van der Waals surface area contributed by atoms with Crippen LogP contribution in [0.5, 0.6) is 5.75 Å². The van der Waals surface area contributed by atoms with E-state index in [1.54, 1.807) is 0 Å². The van der Waals surface area contributed by atoms with Gasteiger partial charge in [-0.05, 0) is 37.3 Å². The third-order valence-electron chi connectivity index (χ3n) is 3.18. The van der Waals surface area contributed by atoms with E-state index in [0.717, 1.165) is 38.2 Å². The number of nitrogens with two attached hydrogens (primary N) is 1. The maximum atomic E-state index is 6.09. The van der Waals surface area contributed by atoms with Gasteiger partial charge in [0.05, 0.1) is 0 Å². The zero-order chi connectivity index (χ0) is 11.9. The molecule has 0 aromatic heterocycles. The van der Waals surface area contributed by atoms with Crippen LogP contribution in [0.3, 0.4) is 0 Å². The Kier molecular flexibility index (Phi) is 4.83. The Balaban J connectivity index is 1.68. The molecule has 0 bridgehead atoms. The smallest absolute Gasteiger partial charge is 0.119 e. The van der Waals surface area contributed by atoms with Crippen LogP contribution in [0, 0.1) is 5.92 Å². The molecule has 3 heteroatoms. The number of ether oxygens (including phenoxy) is 2. The predicted octanol–water partition coefficient (Wildman–Crippen LogP) is 2.21. The van der Waals surface area contributed by atoms with Crippen molar-refractivity contribution in [3.05, 3.63) is 30.3 Å². The van der Waals surface area contributed by atoms with Gasteiger partial charge in [-0.3, -0.25) is 0 Å². The first kappa shape index (κ1) is 12.4. The van der Waals surface area contributed by atoms with Gasteiger partial charge in [0.15, 0.2) is 0 Å². The highest BCUT2D eigenvalue weighted by atomic mass is 16.5. The van der Waals surface area contributed by atoms with E-state index in [9.17, 15) is 0 Å². The van der Waals surface area contributed by atoms with E-state index in [1.165, 1.54) is 0 Å². The second-order valence-corrected chi connectivity index (χ2v) is 4.68. The number of rotatable bonds is 5. The lowest BCUT2D eigenvalue weighted by Crippen LogP contribution is -2.32. The van der Waals surface area contributed by atoms with Gasteiger partial charge in [0.25, 0.3) is 0 Å². The molecule has 1 aromatic carbocycles. The van der Waals surface area contributed by atoms with Gasteiger partial charge in [-0.25, -0.2) is 0 Å². The summed E-state index contributed by atoms with van der Waals surface area (Å²) >= 11 is 0. The van der Waals surface area contributed by atoms with Crippen LogP contribution in [-0.4, -0.2) is 25.9 Å². The molecule has 1 aromatic rings. The molecule has 1 atom stereocenters. The summed E-state index contributed by atoms with van der Waals surface area (Å²) in [6.07, 6.45) is 3.31. The topological polar surface area (TPSA) is 44.5 Å². The normalized spacial score (nSPS) is 18.9. The van der Waals surface area contributed by atoms with Crippen LogP contribution < -0.4 is 10.5 Å². The van der Waals surface area contributed by atoms with Crippen LogP contribution in [0.1, 0.15) is 19.3 Å². The van der Waals surface area contributed by atoms with Gasteiger partial charge in [0.1, 0.15) is 12.4 Å². The van der Waals surface area contributed by atoms with E-state index in [1.807, 2.05) is 30.3 Å². The lowest BCUT2D eigenvalue weighted by Gasteiger charge is -2.24. The Morgan fingerprint density at radius 2 is 1.94 bits per heavy atom. The maximum absolute atomic E-state index is 6.09. The van der Waals surface area contributed by atoms with Gasteiger partial charge in [0.2, 0.25) is 0 Å². The number of para-hydroxylation sites is 1. The molecule has 2 rings (SSSR count). The van der Waals surface area contributed by atoms with Crippen LogP contribution in [0.4, 0.5) is 0 Å². The summed E-state index contributed by atoms with van der Waals surface area (Å²) in [5, 5.41) is 0. The van der Waals surface area contributed by atoms with Gasteiger partial charge >= 0.3 is 0 Å². The van der Waals surface area contributed by atoms with Gasteiger partial charge in [0, 0.05) is 19.3 Å². The molecule has 0 saturated carbocycles. The average molecular weight is 235 g/mol. The molecule has 0 aliphatic carbocycles. The maximum Gasteiger partial charge on any atom is 0.119 e. The SMILES string of the molecule is NC(COc1ccccc1)CC1CCOCC1. The Labute approximate surface area is 103 Å². The van der Waals surface area contributed by atoms with E-state index in [4.69, 9.17) is 15.2 Å². The summed E-state index contributed by atoms with van der Waals surface area (Å²) < 4.78 is 11.0.